The van der Waals surface area contributed by atoms with Gasteiger partial charge in [0.15, 0.2) is 11.5 Å². The second kappa shape index (κ2) is 6.13. The van der Waals surface area contributed by atoms with Gasteiger partial charge in [-0.05, 0) is 56.0 Å². The minimum absolute atomic E-state index is 0.121. The second-order valence-corrected chi connectivity index (χ2v) is 7.67. The zero-order valence-electron chi connectivity index (χ0n) is 14.0. The Morgan fingerprint density at radius 3 is 2.71 bits per heavy atom. The van der Waals surface area contributed by atoms with Gasteiger partial charge in [-0.15, -0.1) is 11.3 Å². The summed E-state index contributed by atoms with van der Waals surface area (Å²) < 4.78 is 11.3. The third-order valence-corrected chi connectivity index (χ3v) is 5.98. The molecule has 4 rings (SSSR count). The minimum Gasteiger partial charge on any atom is -0.486 e. The lowest BCUT2D eigenvalue weighted by Gasteiger charge is -2.26. The van der Waals surface area contributed by atoms with Gasteiger partial charge < -0.3 is 14.4 Å². The third kappa shape index (κ3) is 2.67. The Labute approximate surface area is 146 Å². The number of carbonyl (C=O) groups is 1. The van der Waals surface area contributed by atoms with Crippen LogP contribution in [0.3, 0.4) is 0 Å². The summed E-state index contributed by atoms with van der Waals surface area (Å²) in [6, 6.07) is 8.20. The number of likely N-dealkylation sites (tertiary alicyclic amines) is 1. The summed E-state index contributed by atoms with van der Waals surface area (Å²) >= 11 is 1.59. The maximum atomic E-state index is 13.0. The van der Waals surface area contributed by atoms with E-state index in [1.165, 1.54) is 10.4 Å². The Morgan fingerprint density at radius 1 is 1.17 bits per heavy atom. The van der Waals surface area contributed by atoms with Crippen LogP contribution in [0, 0.1) is 13.8 Å². The molecule has 0 radical (unpaired) electrons. The number of aryl methyl sites for hydroxylation is 2. The smallest absolute Gasteiger partial charge is 0.264 e. The Kier molecular flexibility index (Phi) is 3.96. The van der Waals surface area contributed by atoms with E-state index in [9.17, 15) is 4.79 Å². The van der Waals surface area contributed by atoms with Gasteiger partial charge in [-0.3, -0.25) is 4.79 Å². The quantitative estimate of drug-likeness (QED) is 0.823. The molecule has 0 aliphatic carbocycles. The van der Waals surface area contributed by atoms with Gasteiger partial charge in [0.1, 0.15) is 13.2 Å². The Morgan fingerprint density at radius 2 is 1.96 bits per heavy atom. The predicted molar refractivity (Wildman–Crippen MR) is 94.2 cm³/mol. The van der Waals surface area contributed by atoms with Gasteiger partial charge in [0.25, 0.3) is 5.91 Å². The van der Waals surface area contributed by atoms with Gasteiger partial charge in [0.05, 0.1) is 10.9 Å². The zero-order chi connectivity index (χ0) is 16.7. The number of hydrogen-bond donors (Lipinski definition) is 0. The van der Waals surface area contributed by atoms with E-state index < -0.39 is 0 Å². The van der Waals surface area contributed by atoms with E-state index in [1.807, 2.05) is 23.1 Å². The van der Waals surface area contributed by atoms with Crippen LogP contribution in [0.5, 0.6) is 11.5 Å². The van der Waals surface area contributed by atoms with Gasteiger partial charge >= 0.3 is 0 Å². The van der Waals surface area contributed by atoms with Gasteiger partial charge in [-0.2, -0.15) is 0 Å². The van der Waals surface area contributed by atoms with Crippen molar-refractivity contribution in [2.75, 3.05) is 19.8 Å². The number of hydrogen-bond acceptors (Lipinski definition) is 4. The minimum atomic E-state index is 0.121. The first kappa shape index (κ1) is 15.5. The van der Waals surface area contributed by atoms with E-state index in [2.05, 4.69) is 19.9 Å². The van der Waals surface area contributed by atoms with Crippen molar-refractivity contribution in [2.24, 2.45) is 0 Å². The molecule has 0 N–H and O–H groups in total. The van der Waals surface area contributed by atoms with Crippen molar-refractivity contribution in [3.63, 3.8) is 0 Å². The molecule has 2 aliphatic rings. The molecular formula is C19H21NO3S. The first-order valence-electron chi connectivity index (χ1n) is 8.41. The molecule has 1 unspecified atom stereocenters. The van der Waals surface area contributed by atoms with E-state index in [-0.39, 0.29) is 11.9 Å². The molecule has 0 bridgehead atoms. The Hall–Kier alpha value is -2.01. The van der Waals surface area contributed by atoms with Crippen LogP contribution in [0.1, 0.15) is 44.6 Å². The zero-order valence-corrected chi connectivity index (χ0v) is 14.8. The fourth-order valence-corrected chi connectivity index (χ4v) is 4.43. The number of fused-ring (bicyclic) bond motifs is 1. The number of thiophene rings is 1. The van der Waals surface area contributed by atoms with Crippen molar-refractivity contribution in [3.8, 4) is 11.5 Å². The van der Waals surface area contributed by atoms with Crippen LogP contribution < -0.4 is 9.47 Å². The molecule has 1 aromatic heterocycles. The maximum absolute atomic E-state index is 13.0. The second-order valence-electron chi connectivity index (χ2n) is 6.41. The summed E-state index contributed by atoms with van der Waals surface area (Å²) in [5, 5.41) is 0. The lowest BCUT2D eigenvalue weighted by atomic mass is 10.0. The van der Waals surface area contributed by atoms with E-state index >= 15 is 0 Å². The molecule has 1 aromatic carbocycles. The molecule has 2 aromatic rings. The SMILES string of the molecule is Cc1cc(C(=O)N2CCCC2c2ccc3c(c2)OCCO3)sc1C. The molecule has 1 fully saturated rings. The van der Waals surface area contributed by atoms with Gasteiger partial charge in [0, 0.05) is 11.4 Å². The predicted octanol–water partition coefficient (Wildman–Crippen LogP) is 4.11. The molecule has 0 spiro atoms. The summed E-state index contributed by atoms with van der Waals surface area (Å²) in [7, 11) is 0. The van der Waals surface area contributed by atoms with Gasteiger partial charge in [-0.1, -0.05) is 6.07 Å². The van der Waals surface area contributed by atoms with Crippen molar-refractivity contribution in [1.82, 2.24) is 4.90 Å². The van der Waals surface area contributed by atoms with Crippen molar-refractivity contribution < 1.29 is 14.3 Å². The van der Waals surface area contributed by atoms with Gasteiger partial charge in [0.2, 0.25) is 0 Å². The first-order valence-corrected chi connectivity index (χ1v) is 9.22. The Balaban J connectivity index is 1.61. The third-order valence-electron chi connectivity index (χ3n) is 4.84. The number of benzene rings is 1. The van der Waals surface area contributed by atoms with Crippen LogP contribution in [0.2, 0.25) is 0 Å². The molecule has 2 aliphatic heterocycles. The molecule has 4 nitrogen and oxygen atoms in total. The molecule has 1 atom stereocenters. The highest BCUT2D eigenvalue weighted by Crippen LogP contribution is 2.39. The fraction of sp³-hybridized carbons (Fsp3) is 0.421. The summed E-state index contributed by atoms with van der Waals surface area (Å²) in [6.07, 6.45) is 2.03. The van der Waals surface area contributed by atoms with Crippen LogP contribution in [0.15, 0.2) is 24.3 Å². The van der Waals surface area contributed by atoms with E-state index in [0.717, 1.165) is 41.3 Å². The molecule has 126 valence electrons. The van der Waals surface area contributed by atoms with Crippen molar-refractivity contribution >= 4 is 17.2 Å². The molecule has 1 amide bonds. The molecule has 0 saturated carbocycles. The van der Waals surface area contributed by atoms with Crippen LogP contribution in [-0.2, 0) is 0 Å². The fourth-order valence-electron chi connectivity index (χ4n) is 3.44. The lowest BCUT2D eigenvalue weighted by Crippen LogP contribution is -2.30. The van der Waals surface area contributed by atoms with Gasteiger partial charge in [-0.25, -0.2) is 0 Å². The van der Waals surface area contributed by atoms with Crippen molar-refractivity contribution in [2.45, 2.75) is 32.7 Å². The monoisotopic (exact) mass is 343 g/mol. The number of amides is 1. The van der Waals surface area contributed by atoms with Crippen LogP contribution in [0.4, 0.5) is 0 Å². The standard InChI is InChI=1S/C19H21NO3S/c1-12-10-18(24-13(12)2)19(21)20-7-3-4-15(20)14-5-6-16-17(11-14)23-9-8-22-16/h5-6,10-11,15H,3-4,7-9H2,1-2H3. The summed E-state index contributed by atoms with van der Waals surface area (Å²) in [5.41, 5.74) is 2.33. The summed E-state index contributed by atoms with van der Waals surface area (Å²) in [6.45, 7) is 6.12. The average molecular weight is 343 g/mol. The average Bonchev–Trinajstić information content (AvgIpc) is 3.21. The molecule has 24 heavy (non-hydrogen) atoms. The number of carbonyl (C=O) groups excluding carboxylic acids is 1. The molecular weight excluding hydrogens is 322 g/mol. The summed E-state index contributed by atoms with van der Waals surface area (Å²) in [4.78, 5) is 17.0. The van der Waals surface area contributed by atoms with Crippen molar-refractivity contribution in [3.05, 3.63) is 45.1 Å². The number of ether oxygens (including phenoxy) is 2. The topological polar surface area (TPSA) is 38.8 Å². The molecule has 5 heteroatoms. The van der Waals surface area contributed by atoms with Crippen molar-refractivity contribution in [1.29, 1.82) is 0 Å². The van der Waals surface area contributed by atoms with Crippen LogP contribution >= 0.6 is 11.3 Å². The highest BCUT2D eigenvalue weighted by molar-refractivity contribution is 7.14. The Bertz CT molecular complexity index is 763. The lowest BCUT2D eigenvalue weighted by molar-refractivity contribution is 0.0740. The normalized spacial score (nSPS) is 19.6. The van der Waals surface area contributed by atoms with Crippen LogP contribution in [0.25, 0.3) is 0 Å². The number of nitrogens with zero attached hydrogens (tertiary/aromatic N) is 1. The summed E-state index contributed by atoms with van der Waals surface area (Å²) in [5.74, 6) is 1.74. The maximum Gasteiger partial charge on any atom is 0.264 e. The molecule has 1 saturated heterocycles. The van der Waals surface area contributed by atoms with Crippen LogP contribution in [-0.4, -0.2) is 30.6 Å². The van der Waals surface area contributed by atoms with E-state index in [1.54, 1.807) is 11.3 Å². The number of rotatable bonds is 2. The highest BCUT2D eigenvalue weighted by atomic mass is 32.1. The first-order chi connectivity index (χ1) is 11.6. The largest absolute Gasteiger partial charge is 0.486 e. The molecule has 3 heterocycles. The highest BCUT2D eigenvalue weighted by Gasteiger charge is 2.32. The van der Waals surface area contributed by atoms with E-state index in [0.29, 0.717) is 13.2 Å². The van der Waals surface area contributed by atoms with E-state index in [4.69, 9.17) is 9.47 Å².